The van der Waals surface area contributed by atoms with Crippen molar-refractivity contribution in [2.75, 3.05) is 13.1 Å². The Balaban J connectivity index is 2.15. The van der Waals surface area contributed by atoms with Crippen molar-refractivity contribution in [2.45, 2.75) is 40.2 Å². The lowest BCUT2D eigenvalue weighted by molar-refractivity contribution is -0.147. The zero-order chi connectivity index (χ0) is 14.2. The van der Waals surface area contributed by atoms with E-state index in [0.717, 1.165) is 13.0 Å². The summed E-state index contributed by atoms with van der Waals surface area (Å²) in [6, 6.07) is 6.80. The first-order chi connectivity index (χ1) is 8.83. The lowest BCUT2D eigenvalue weighted by atomic mass is 9.90. The van der Waals surface area contributed by atoms with Gasteiger partial charge in [-0.2, -0.15) is 0 Å². The Morgan fingerprint density at radius 1 is 1.37 bits per heavy atom. The highest BCUT2D eigenvalue weighted by Crippen LogP contribution is 2.35. The largest absolute Gasteiger partial charge is 0.481 e. The number of benzene rings is 1. The van der Waals surface area contributed by atoms with Crippen LogP contribution < -0.4 is 0 Å². The molecule has 1 aromatic carbocycles. The molecule has 1 fully saturated rings. The molecule has 3 nitrogen and oxygen atoms in total. The summed E-state index contributed by atoms with van der Waals surface area (Å²) < 4.78 is 0. The Morgan fingerprint density at radius 2 is 2.05 bits per heavy atom. The van der Waals surface area contributed by atoms with E-state index in [9.17, 15) is 9.90 Å². The lowest BCUT2D eigenvalue weighted by Gasteiger charge is -2.26. The Hall–Kier alpha value is -1.35. The van der Waals surface area contributed by atoms with Crippen LogP contribution in [0.1, 0.15) is 43.0 Å². The van der Waals surface area contributed by atoms with Crippen molar-refractivity contribution in [3.63, 3.8) is 0 Å². The Kier molecular flexibility index (Phi) is 3.68. The molecule has 0 aliphatic carbocycles. The van der Waals surface area contributed by atoms with Gasteiger partial charge in [0.2, 0.25) is 0 Å². The van der Waals surface area contributed by atoms with Crippen molar-refractivity contribution in [2.24, 2.45) is 5.41 Å². The molecular formula is C16H23NO2. The van der Waals surface area contributed by atoms with Crippen LogP contribution in [0.4, 0.5) is 0 Å². The maximum Gasteiger partial charge on any atom is 0.310 e. The predicted molar refractivity (Wildman–Crippen MR) is 76.3 cm³/mol. The standard InChI is InChI=1S/C16H23NO2/c1-11-5-6-14(9-12(11)2)13(3)17-8-7-16(4,10-17)15(18)19/h5-6,9,13H,7-8,10H2,1-4H3,(H,18,19). The second-order valence-electron chi connectivity index (χ2n) is 6.11. The molecule has 19 heavy (non-hydrogen) atoms. The average Bonchev–Trinajstić information content (AvgIpc) is 2.76. The summed E-state index contributed by atoms with van der Waals surface area (Å²) in [4.78, 5) is 13.6. The third-order valence-corrected chi connectivity index (χ3v) is 4.58. The van der Waals surface area contributed by atoms with Gasteiger partial charge < -0.3 is 5.11 Å². The van der Waals surface area contributed by atoms with Crippen molar-refractivity contribution in [3.8, 4) is 0 Å². The van der Waals surface area contributed by atoms with Gasteiger partial charge in [-0.15, -0.1) is 0 Å². The smallest absolute Gasteiger partial charge is 0.310 e. The number of aliphatic carboxylic acids is 1. The molecule has 104 valence electrons. The highest BCUT2D eigenvalue weighted by Gasteiger charge is 2.41. The maximum atomic E-state index is 11.3. The molecular weight excluding hydrogens is 238 g/mol. The minimum atomic E-state index is -0.678. The van der Waals surface area contributed by atoms with E-state index in [-0.39, 0.29) is 6.04 Å². The van der Waals surface area contributed by atoms with Gasteiger partial charge in [-0.05, 0) is 57.4 Å². The second kappa shape index (κ2) is 4.97. The normalized spacial score (nSPS) is 25.5. The number of carbonyl (C=O) groups is 1. The Labute approximate surface area is 115 Å². The van der Waals surface area contributed by atoms with Gasteiger partial charge in [0.25, 0.3) is 0 Å². The summed E-state index contributed by atoms with van der Waals surface area (Å²) in [7, 11) is 0. The molecule has 0 radical (unpaired) electrons. The molecule has 1 heterocycles. The van der Waals surface area contributed by atoms with Crippen LogP contribution in [0.2, 0.25) is 0 Å². The third kappa shape index (κ3) is 2.66. The predicted octanol–water partition coefficient (Wildman–Crippen LogP) is 3.16. The van der Waals surface area contributed by atoms with Gasteiger partial charge in [0.1, 0.15) is 0 Å². The Bertz CT molecular complexity index is 498. The fraction of sp³-hybridized carbons (Fsp3) is 0.562. The minimum absolute atomic E-state index is 0.278. The molecule has 1 aromatic rings. The molecule has 0 amide bonds. The molecule has 0 bridgehead atoms. The first-order valence-electron chi connectivity index (χ1n) is 6.88. The van der Waals surface area contributed by atoms with E-state index in [0.29, 0.717) is 6.54 Å². The summed E-state index contributed by atoms with van der Waals surface area (Å²) in [6.45, 7) is 9.74. The van der Waals surface area contributed by atoms with E-state index in [1.807, 2.05) is 6.92 Å². The lowest BCUT2D eigenvalue weighted by Crippen LogP contribution is -2.32. The molecule has 0 saturated carbocycles. The zero-order valence-electron chi connectivity index (χ0n) is 12.2. The summed E-state index contributed by atoms with van der Waals surface area (Å²) in [5, 5.41) is 9.30. The first-order valence-corrected chi connectivity index (χ1v) is 6.88. The van der Waals surface area contributed by atoms with Gasteiger partial charge in [-0.25, -0.2) is 0 Å². The monoisotopic (exact) mass is 261 g/mol. The van der Waals surface area contributed by atoms with E-state index < -0.39 is 11.4 Å². The first kappa shape index (κ1) is 14.1. The number of carboxylic acids is 1. The van der Waals surface area contributed by atoms with Crippen molar-refractivity contribution in [3.05, 3.63) is 34.9 Å². The van der Waals surface area contributed by atoms with E-state index in [2.05, 4.69) is 43.9 Å². The third-order valence-electron chi connectivity index (χ3n) is 4.58. The fourth-order valence-corrected chi connectivity index (χ4v) is 2.74. The van der Waals surface area contributed by atoms with Crippen molar-refractivity contribution in [1.29, 1.82) is 0 Å². The summed E-state index contributed by atoms with van der Waals surface area (Å²) in [5.41, 5.74) is 3.28. The maximum absolute atomic E-state index is 11.3. The van der Waals surface area contributed by atoms with E-state index in [4.69, 9.17) is 0 Å². The van der Waals surface area contributed by atoms with Crippen LogP contribution in [0.3, 0.4) is 0 Å². The topological polar surface area (TPSA) is 40.5 Å². The van der Waals surface area contributed by atoms with Crippen LogP contribution in [-0.2, 0) is 4.79 Å². The number of nitrogens with zero attached hydrogens (tertiary/aromatic N) is 1. The van der Waals surface area contributed by atoms with Crippen LogP contribution in [0.25, 0.3) is 0 Å². The quantitative estimate of drug-likeness (QED) is 0.908. The molecule has 1 saturated heterocycles. The molecule has 1 aliphatic heterocycles. The van der Waals surface area contributed by atoms with Crippen LogP contribution in [0.5, 0.6) is 0 Å². The fourth-order valence-electron chi connectivity index (χ4n) is 2.74. The average molecular weight is 261 g/mol. The van der Waals surface area contributed by atoms with Gasteiger partial charge in [0.05, 0.1) is 5.41 Å². The molecule has 0 spiro atoms. The molecule has 2 atom stereocenters. The molecule has 2 unspecified atom stereocenters. The highest BCUT2D eigenvalue weighted by molar-refractivity contribution is 5.74. The second-order valence-corrected chi connectivity index (χ2v) is 6.11. The summed E-state index contributed by atoms with van der Waals surface area (Å²) in [6.07, 6.45) is 0.734. The Morgan fingerprint density at radius 3 is 2.58 bits per heavy atom. The molecule has 0 aromatic heterocycles. The molecule has 1 aliphatic rings. The molecule has 2 rings (SSSR count). The summed E-state index contributed by atoms with van der Waals surface area (Å²) >= 11 is 0. The van der Waals surface area contributed by atoms with Crippen LogP contribution in [0, 0.1) is 19.3 Å². The number of carboxylic acid groups (broad SMARTS) is 1. The van der Waals surface area contributed by atoms with Crippen molar-refractivity contribution < 1.29 is 9.90 Å². The number of hydrogen-bond acceptors (Lipinski definition) is 2. The van der Waals surface area contributed by atoms with Gasteiger partial charge in [0, 0.05) is 12.6 Å². The van der Waals surface area contributed by atoms with Gasteiger partial charge in [-0.3, -0.25) is 9.69 Å². The van der Waals surface area contributed by atoms with Crippen LogP contribution in [0.15, 0.2) is 18.2 Å². The van der Waals surface area contributed by atoms with Crippen molar-refractivity contribution >= 4 is 5.97 Å². The van der Waals surface area contributed by atoms with E-state index in [1.165, 1.54) is 16.7 Å². The summed E-state index contributed by atoms with van der Waals surface area (Å²) in [5.74, 6) is -0.678. The number of hydrogen-bond donors (Lipinski definition) is 1. The number of rotatable bonds is 3. The van der Waals surface area contributed by atoms with E-state index in [1.54, 1.807) is 0 Å². The van der Waals surface area contributed by atoms with Crippen molar-refractivity contribution in [1.82, 2.24) is 4.90 Å². The van der Waals surface area contributed by atoms with Gasteiger partial charge >= 0.3 is 5.97 Å². The van der Waals surface area contributed by atoms with Gasteiger partial charge in [-0.1, -0.05) is 18.2 Å². The minimum Gasteiger partial charge on any atom is -0.481 e. The van der Waals surface area contributed by atoms with Gasteiger partial charge in [0.15, 0.2) is 0 Å². The zero-order valence-corrected chi connectivity index (χ0v) is 12.2. The molecule has 1 N–H and O–H groups in total. The highest BCUT2D eigenvalue weighted by atomic mass is 16.4. The molecule has 3 heteroatoms. The van der Waals surface area contributed by atoms with Crippen LogP contribution >= 0.6 is 0 Å². The number of aryl methyl sites for hydroxylation is 2. The van der Waals surface area contributed by atoms with E-state index >= 15 is 0 Å². The SMILES string of the molecule is Cc1ccc(C(C)N2CCC(C)(C(=O)O)C2)cc1C. The van der Waals surface area contributed by atoms with Crippen LogP contribution in [-0.4, -0.2) is 29.1 Å². The number of likely N-dealkylation sites (tertiary alicyclic amines) is 1.